The van der Waals surface area contributed by atoms with E-state index in [4.69, 9.17) is 0 Å². The number of nitrogens with zero attached hydrogens (tertiary/aromatic N) is 2. The van der Waals surface area contributed by atoms with Gasteiger partial charge in [0.05, 0.1) is 0 Å². The minimum atomic E-state index is 0.157. The van der Waals surface area contributed by atoms with Gasteiger partial charge in [0.2, 0.25) is 0 Å². The standard InChI is InChI=1S/C8H16N2O/c1-9(2)8(11)10-6-4-3-5-7-10/h3-7H2,1-2H3. The first-order valence-electron chi connectivity index (χ1n) is 4.18. The molecule has 0 atom stereocenters. The molecule has 0 unspecified atom stereocenters. The van der Waals surface area contributed by atoms with E-state index in [1.54, 1.807) is 19.0 Å². The third kappa shape index (κ3) is 2.10. The summed E-state index contributed by atoms with van der Waals surface area (Å²) in [6.45, 7) is 1.88. The van der Waals surface area contributed by atoms with E-state index in [1.807, 2.05) is 4.90 Å². The number of amides is 2. The van der Waals surface area contributed by atoms with Crippen molar-refractivity contribution in [3.63, 3.8) is 0 Å². The van der Waals surface area contributed by atoms with E-state index in [2.05, 4.69) is 0 Å². The van der Waals surface area contributed by atoms with Crippen LogP contribution >= 0.6 is 0 Å². The fourth-order valence-electron chi connectivity index (χ4n) is 1.37. The van der Waals surface area contributed by atoms with Crippen LogP contribution in [0.15, 0.2) is 0 Å². The molecular formula is C8H16N2O. The molecule has 3 nitrogen and oxygen atoms in total. The molecule has 0 aromatic carbocycles. The highest BCUT2D eigenvalue weighted by atomic mass is 16.2. The van der Waals surface area contributed by atoms with Crippen LogP contribution in [0, 0.1) is 0 Å². The summed E-state index contributed by atoms with van der Waals surface area (Å²) in [6, 6.07) is 0.157. The minimum absolute atomic E-state index is 0.157. The summed E-state index contributed by atoms with van der Waals surface area (Å²) < 4.78 is 0. The summed E-state index contributed by atoms with van der Waals surface area (Å²) in [6.07, 6.45) is 3.61. The fraction of sp³-hybridized carbons (Fsp3) is 0.875. The zero-order chi connectivity index (χ0) is 8.27. The Kier molecular flexibility index (Phi) is 2.74. The molecule has 1 aliphatic heterocycles. The summed E-state index contributed by atoms with van der Waals surface area (Å²) in [5, 5.41) is 0. The maximum atomic E-state index is 11.3. The summed E-state index contributed by atoms with van der Waals surface area (Å²) in [4.78, 5) is 14.9. The largest absolute Gasteiger partial charge is 0.331 e. The first-order valence-corrected chi connectivity index (χ1v) is 4.18. The Morgan fingerprint density at radius 3 is 2.18 bits per heavy atom. The quantitative estimate of drug-likeness (QED) is 0.516. The topological polar surface area (TPSA) is 23.6 Å². The smallest absolute Gasteiger partial charge is 0.319 e. The lowest BCUT2D eigenvalue weighted by molar-refractivity contribution is 0.160. The van der Waals surface area contributed by atoms with Gasteiger partial charge in [-0.25, -0.2) is 4.79 Å². The summed E-state index contributed by atoms with van der Waals surface area (Å²) in [5.74, 6) is 0. The van der Waals surface area contributed by atoms with E-state index in [1.165, 1.54) is 19.3 Å². The first-order chi connectivity index (χ1) is 5.22. The molecule has 0 saturated carbocycles. The molecule has 0 spiro atoms. The van der Waals surface area contributed by atoms with Crippen molar-refractivity contribution < 1.29 is 4.79 Å². The number of carbonyl (C=O) groups is 1. The van der Waals surface area contributed by atoms with Gasteiger partial charge in [0.15, 0.2) is 0 Å². The zero-order valence-electron chi connectivity index (χ0n) is 7.34. The van der Waals surface area contributed by atoms with E-state index in [-0.39, 0.29) is 6.03 Å². The van der Waals surface area contributed by atoms with Gasteiger partial charge in [-0.1, -0.05) is 0 Å². The SMILES string of the molecule is CN(C)C(=O)N1CCCCC1. The summed E-state index contributed by atoms with van der Waals surface area (Å²) in [5.41, 5.74) is 0. The highest BCUT2D eigenvalue weighted by Crippen LogP contribution is 2.09. The maximum Gasteiger partial charge on any atom is 0.319 e. The van der Waals surface area contributed by atoms with Crippen molar-refractivity contribution in [2.45, 2.75) is 19.3 Å². The number of rotatable bonds is 0. The van der Waals surface area contributed by atoms with Gasteiger partial charge in [-0.2, -0.15) is 0 Å². The third-order valence-electron chi connectivity index (χ3n) is 2.01. The molecule has 1 heterocycles. The van der Waals surface area contributed by atoms with Crippen LogP contribution in [0.4, 0.5) is 4.79 Å². The molecule has 0 N–H and O–H groups in total. The molecule has 0 radical (unpaired) electrons. The van der Waals surface area contributed by atoms with Crippen molar-refractivity contribution in [3.05, 3.63) is 0 Å². The van der Waals surface area contributed by atoms with Gasteiger partial charge < -0.3 is 9.80 Å². The van der Waals surface area contributed by atoms with E-state index in [0.29, 0.717) is 0 Å². The lowest BCUT2D eigenvalue weighted by Crippen LogP contribution is -2.42. The van der Waals surface area contributed by atoms with Crippen LogP contribution in [-0.4, -0.2) is 43.0 Å². The van der Waals surface area contributed by atoms with Crippen LogP contribution in [-0.2, 0) is 0 Å². The van der Waals surface area contributed by atoms with Crippen molar-refractivity contribution in [1.82, 2.24) is 9.80 Å². The van der Waals surface area contributed by atoms with E-state index in [9.17, 15) is 4.79 Å². The number of piperidine rings is 1. The average Bonchev–Trinajstić information content (AvgIpc) is 2.05. The lowest BCUT2D eigenvalue weighted by Gasteiger charge is -2.29. The predicted molar refractivity (Wildman–Crippen MR) is 44.5 cm³/mol. The second kappa shape index (κ2) is 3.60. The van der Waals surface area contributed by atoms with Crippen LogP contribution in [0.1, 0.15) is 19.3 Å². The highest BCUT2D eigenvalue weighted by molar-refractivity contribution is 5.73. The number of urea groups is 1. The fourth-order valence-corrected chi connectivity index (χ4v) is 1.37. The number of hydrogen-bond acceptors (Lipinski definition) is 1. The molecular weight excluding hydrogens is 140 g/mol. The van der Waals surface area contributed by atoms with Crippen LogP contribution in [0.3, 0.4) is 0 Å². The molecule has 0 bridgehead atoms. The average molecular weight is 156 g/mol. The van der Waals surface area contributed by atoms with Gasteiger partial charge in [-0.05, 0) is 19.3 Å². The van der Waals surface area contributed by atoms with Gasteiger partial charge in [0, 0.05) is 27.2 Å². The summed E-state index contributed by atoms with van der Waals surface area (Å²) >= 11 is 0. The maximum absolute atomic E-state index is 11.3. The predicted octanol–water partition coefficient (Wildman–Crippen LogP) is 1.15. The lowest BCUT2D eigenvalue weighted by atomic mass is 10.1. The molecule has 1 rings (SSSR count). The second-order valence-electron chi connectivity index (χ2n) is 3.22. The third-order valence-corrected chi connectivity index (χ3v) is 2.01. The Morgan fingerprint density at radius 1 is 1.18 bits per heavy atom. The monoisotopic (exact) mass is 156 g/mol. The van der Waals surface area contributed by atoms with Crippen LogP contribution in [0.25, 0.3) is 0 Å². The zero-order valence-corrected chi connectivity index (χ0v) is 7.34. The van der Waals surface area contributed by atoms with Crippen LogP contribution in [0.5, 0.6) is 0 Å². The van der Waals surface area contributed by atoms with Crippen LogP contribution < -0.4 is 0 Å². The second-order valence-corrected chi connectivity index (χ2v) is 3.22. The van der Waals surface area contributed by atoms with Crippen molar-refractivity contribution in [1.29, 1.82) is 0 Å². The Hall–Kier alpha value is -0.730. The number of carbonyl (C=O) groups excluding carboxylic acids is 1. The van der Waals surface area contributed by atoms with E-state index in [0.717, 1.165) is 13.1 Å². The molecule has 3 heteroatoms. The molecule has 1 saturated heterocycles. The van der Waals surface area contributed by atoms with E-state index < -0.39 is 0 Å². The number of likely N-dealkylation sites (tertiary alicyclic amines) is 1. The van der Waals surface area contributed by atoms with Crippen LogP contribution in [0.2, 0.25) is 0 Å². The molecule has 1 fully saturated rings. The molecule has 0 aliphatic carbocycles. The summed E-state index contributed by atoms with van der Waals surface area (Å²) in [7, 11) is 3.61. The van der Waals surface area contributed by atoms with Crippen molar-refractivity contribution >= 4 is 6.03 Å². The molecule has 0 aromatic rings. The Morgan fingerprint density at radius 2 is 1.73 bits per heavy atom. The number of hydrogen-bond donors (Lipinski definition) is 0. The van der Waals surface area contributed by atoms with Gasteiger partial charge in [0.25, 0.3) is 0 Å². The normalized spacial score (nSPS) is 18.2. The van der Waals surface area contributed by atoms with Gasteiger partial charge in [-0.3, -0.25) is 0 Å². The van der Waals surface area contributed by atoms with Gasteiger partial charge in [-0.15, -0.1) is 0 Å². The Bertz CT molecular complexity index is 139. The van der Waals surface area contributed by atoms with Crippen molar-refractivity contribution in [3.8, 4) is 0 Å². The van der Waals surface area contributed by atoms with Gasteiger partial charge >= 0.3 is 6.03 Å². The molecule has 2 amide bonds. The highest BCUT2D eigenvalue weighted by Gasteiger charge is 2.16. The molecule has 0 aromatic heterocycles. The van der Waals surface area contributed by atoms with Crippen molar-refractivity contribution in [2.75, 3.05) is 27.2 Å². The molecule has 64 valence electrons. The first kappa shape index (κ1) is 8.37. The Balaban J connectivity index is 2.39. The van der Waals surface area contributed by atoms with E-state index >= 15 is 0 Å². The van der Waals surface area contributed by atoms with Crippen molar-refractivity contribution in [2.24, 2.45) is 0 Å². The Labute approximate surface area is 68.0 Å². The molecule has 11 heavy (non-hydrogen) atoms. The minimum Gasteiger partial charge on any atom is -0.331 e. The van der Waals surface area contributed by atoms with Gasteiger partial charge in [0.1, 0.15) is 0 Å². The molecule has 1 aliphatic rings.